The van der Waals surface area contributed by atoms with Crippen LogP contribution >= 0.6 is 11.6 Å². The highest BCUT2D eigenvalue weighted by atomic mass is 35.5. The zero-order chi connectivity index (χ0) is 25.1. The number of likely N-dealkylation sites (N-methyl/N-ethyl adjacent to an activating group) is 1. The number of nitrogens with one attached hydrogen (secondary N) is 3. The Morgan fingerprint density at radius 3 is 2.47 bits per heavy atom. The predicted molar refractivity (Wildman–Crippen MR) is 147 cm³/mol. The van der Waals surface area contributed by atoms with Crippen LogP contribution in [-0.2, 0) is 0 Å². The summed E-state index contributed by atoms with van der Waals surface area (Å²) in [4.78, 5) is 27.0. The van der Waals surface area contributed by atoms with Gasteiger partial charge in [-0.05, 0) is 69.1 Å². The van der Waals surface area contributed by atoms with Gasteiger partial charge in [-0.3, -0.25) is 4.79 Å². The number of carbonyl (C=O) groups is 1. The SMILES string of the molecule is Cc1cccc(Cl)c1NC(=O)c1cnc(Nc2ccc(N3CCN(C)CC3)cc2)nc1NC1CCC1. The van der Waals surface area contributed by atoms with Gasteiger partial charge in [0.25, 0.3) is 5.91 Å². The van der Waals surface area contributed by atoms with Crippen LogP contribution in [0.4, 0.5) is 28.8 Å². The van der Waals surface area contributed by atoms with Crippen molar-refractivity contribution in [3.05, 3.63) is 64.8 Å². The molecule has 1 aromatic heterocycles. The molecule has 2 aliphatic rings. The summed E-state index contributed by atoms with van der Waals surface area (Å²) in [6, 6.07) is 14.2. The molecule has 3 aromatic rings. The molecule has 0 atom stereocenters. The third kappa shape index (κ3) is 5.55. The third-order valence-electron chi connectivity index (χ3n) is 6.93. The van der Waals surface area contributed by atoms with Crippen molar-refractivity contribution < 1.29 is 4.79 Å². The Kier molecular flexibility index (Phi) is 7.25. The van der Waals surface area contributed by atoms with Crippen molar-refractivity contribution in [2.45, 2.75) is 32.2 Å². The van der Waals surface area contributed by atoms with E-state index >= 15 is 0 Å². The van der Waals surface area contributed by atoms with Crippen molar-refractivity contribution in [2.75, 3.05) is 54.1 Å². The number of benzene rings is 2. The van der Waals surface area contributed by atoms with Crippen molar-refractivity contribution in [1.82, 2.24) is 14.9 Å². The van der Waals surface area contributed by atoms with Crippen LogP contribution in [-0.4, -0.2) is 60.0 Å². The number of halogens is 1. The number of nitrogens with zero attached hydrogens (tertiary/aromatic N) is 4. The van der Waals surface area contributed by atoms with Gasteiger partial charge < -0.3 is 25.8 Å². The van der Waals surface area contributed by atoms with Gasteiger partial charge in [-0.1, -0.05) is 23.7 Å². The van der Waals surface area contributed by atoms with Crippen molar-refractivity contribution >= 4 is 46.3 Å². The number of amides is 1. The maximum absolute atomic E-state index is 13.2. The fourth-order valence-electron chi connectivity index (χ4n) is 4.38. The second-order valence-electron chi connectivity index (χ2n) is 9.58. The normalized spacial score (nSPS) is 16.4. The van der Waals surface area contributed by atoms with Gasteiger partial charge >= 0.3 is 0 Å². The molecule has 188 valence electrons. The van der Waals surface area contributed by atoms with Crippen LogP contribution in [0.2, 0.25) is 5.02 Å². The van der Waals surface area contributed by atoms with Crippen LogP contribution in [0.5, 0.6) is 0 Å². The highest BCUT2D eigenvalue weighted by molar-refractivity contribution is 6.34. The number of para-hydroxylation sites is 1. The molecule has 2 heterocycles. The van der Waals surface area contributed by atoms with Gasteiger partial charge in [0, 0.05) is 49.8 Å². The van der Waals surface area contributed by atoms with E-state index in [-0.39, 0.29) is 5.91 Å². The molecule has 3 N–H and O–H groups in total. The largest absolute Gasteiger partial charge is 0.369 e. The second-order valence-corrected chi connectivity index (χ2v) is 9.98. The first kappa shape index (κ1) is 24.3. The number of rotatable bonds is 7. The molecule has 2 aromatic carbocycles. The third-order valence-corrected chi connectivity index (χ3v) is 7.25. The highest BCUT2D eigenvalue weighted by Crippen LogP contribution is 2.29. The van der Waals surface area contributed by atoms with Gasteiger partial charge in [0.05, 0.1) is 10.7 Å². The number of anilines is 5. The predicted octanol–water partition coefficient (Wildman–Crippen LogP) is 5.15. The molecule has 8 nitrogen and oxygen atoms in total. The minimum Gasteiger partial charge on any atom is -0.369 e. The molecular formula is C27H32ClN7O. The summed E-state index contributed by atoms with van der Waals surface area (Å²) < 4.78 is 0. The van der Waals surface area contributed by atoms with Gasteiger partial charge in [0.1, 0.15) is 11.4 Å². The zero-order valence-electron chi connectivity index (χ0n) is 20.7. The van der Waals surface area contributed by atoms with Crippen molar-refractivity contribution in [3.8, 4) is 0 Å². The fraction of sp³-hybridized carbons (Fsp3) is 0.370. The molecule has 0 unspecified atom stereocenters. The molecule has 1 aliphatic heterocycles. The first-order valence-electron chi connectivity index (χ1n) is 12.5. The lowest BCUT2D eigenvalue weighted by molar-refractivity contribution is 0.102. The maximum Gasteiger partial charge on any atom is 0.261 e. The van der Waals surface area contributed by atoms with Crippen LogP contribution in [0, 0.1) is 6.92 Å². The Morgan fingerprint density at radius 1 is 1.06 bits per heavy atom. The molecule has 1 aliphatic carbocycles. The fourth-order valence-corrected chi connectivity index (χ4v) is 4.65. The van der Waals surface area contributed by atoms with Gasteiger partial charge in [0.2, 0.25) is 5.95 Å². The number of aromatic nitrogens is 2. The van der Waals surface area contributed by atoms with E-state index in [9.17, 15) is 4.79 Å². The molecule has 1 saturated carbocycles. The van der Waals surface area contributed by atoms with Crippen LogP contribution in [0.1, 0.15) is 35.2 Å². The summed E-state index contributed by atoms with van der Waals surface area (Å²) in [5.74, 6) is 0.666. The smallest absolute Gasteiger partial charge is 0.261 e. The zero-order valence-corrected chi connectivity index (χ0v) is 21.5. The van der Waals surface area contributed by atoms with Crippen molar-refractivity contribution in [1.29, 1.82) is 0 Å². The molecule has 1 amide bonds. The minimum absolute atomic E-state index is 0.295. The van der Waals surface area contributed by atoms with Crippen LogP contribution in [0.25, 0.3) is 0 Å². The van der Waals surface area contributed by atoms with E-state index in [2.05, 4.69) is 54.9 Å². The quantitative estimate of drug-likeness (QED) is 0.409. The first-order chi connectivity index (χ1) is 17.5. The molecule has 36 heavy (non-hydrogen) atoms. The number of hydrogen-bond acceptors (Lipinski definition) is 7. The van der Waals surface area contributed by atoms with Crippen molar-refractivity contribution in [3.63, 3.8) is 0 Å². The van der Waals surface area contributed by atoms with Crippen LogP contribution in [0.3, 0.4) is 0 Å². The van der Waals surface area contributed by atoms with E-state index in [1.807, 2.05) is 31.2 Å². The highest BCUT2D eigenvalue weighted by Gasteiger charge is 2.23. The molecule has 1 saturated heterocycles. The van der Waals surface area contributed by atoms with Crippen LogP contribution in [0.15, 0.2) is 48.7 Å². The van der Waals surface area contributed by atoms with E-state index in [0.29, 0.717) is 34.1 Å². The molecule has 2 fully saturated rings. The lowest BCUT2D eigenvalue weighted by Crippen LogP contribution is -2.44. The molecule has 5 rings (SSSR count). The Hall–Kier alpha value is -3.36. The van der Waals surface area contributed by atoms with Crippen LogP contribution < -0.4 is 20.9 Å². The minimum atomic E-state index is -0.295. The number of hydrogen-bond donors (Lipinski definition) is 3. The first-order valence-corrected chi connectivity index (χ1v) is 12.8. The lowest BCUT2D eigenvalue weighted by atomic mass is 9.93. The molecular weight excluding hydrogens is 474 g/mol. The molecule has 0 bridgehead atoms. The maximum atomic E-state index is 13.2. The van der Waals surface area contributed by atoms with E-state index in [1.165, 1.54) is 12.1 Å². The average molecular weight is 506 g/mol. The topological polar surface area (TPSA) is 85.4 Å². The Morgan fingerprint density at radius 2 is 1.81 bits per heavy atom. The Labute approximate surface area is 217 Å². The summed E-state index contributed by atoms with van der Waals surface area (Å²) in [7, 11) is 2.16. The average Bonchev–Trinajstić information content (AvgIpc) is 2.85. The number of piperazine rings is 1. The molecule has 0 spiro atoms. The van der Waals surface area contributed by atoms with E-state index in [0.717, 1.165) is 50.3 Å². The summed E-state index contributed by atoms with van der Waals surface area (Å²) in [6.45, 7) is 6.11. The van der Waals surface area contributed by atoms with E-state index in [4.69, 9.17) is 11.6 Å². The van der Waals surface area contributed by atoms with E-state index in [1.54, 1.807) is 12.3 Å². The van der Waals surface area contributed by atoms with Crippen molar-refractivity contribution in [2.24, 2.45) is 0 Å². The monoisotopic (exact) mass is 505 g/mol. The van der Waals surface area contributed by atoms with Gasteiger partial charge in [-0.2, -0.15) is 4.98 Å². The Balaban J connectivity index is 1.33. The summed E-state index contributed by atoms with van der Waals surface area (Å²) in [5, 5.41) is 10.1. The van der Waals surface area contributed by atoms with Gasteiger partial charge in [0.15, 0.2) is 0 Å². The number of carbonyl (C=O) groups excluding carboxylic acids is 1. The summed E-state index contributed by atoms with van der Waals surface area (Å²) >= 11 is 6.32. The number of aryl methyl sites for hydroxylation is 1. The summed E-state index contributed by atoms with van der Waals surface area (Å²) in [6.07, 6.45) is 4.86. The molecule has 9 heteroatoms. The molecule has 0 radical (unpaired) electrons. The van der Waals surface area contributed by atoms with Gasteiger partial charge in [-0.25, -0.2) is 4.98 Å². The Bertz CT molecular complexity index is 1200. The lowest BCUT2D eigenvalue weighted by Gasteiger charge is -2.34. The van der Waals surface area contributed by atoms with E-state index < -0.39 is 0 Å². The summed E-state index contributed by atoms with van der Waals surface area (Å²) in [5.41, 5.74) is 3.98. The standard InChI is InChI=1S/C27H32ClN7O/c1-18-5-3-8-23(28)24(18)32-26(36)22-17-29-27(33-25(22)30-19-6-4-7-19)31-20-9-11-21(12-10-20)35-15-13-34(2)14-16-35/h3,5,8-12,17,19H,4,6-7,13-16H2,1-2H3,(H,32,36)(H2,29,30,31,33). The second kappa shape index (κ2) is 10.7. The van der Waals surface area contributed by atoms with Gasteiger partial charge in [-0.15, -0.1) is 0 Å².